The molecule has 6 nitrogen and oxygen atoms in total. The van der Waals surface area contributed by atoms with E-state index >= 15 is 0 Å². The SMILES string of the molecule is O=C(NCCC1=CCCCC1)C(=O)NC[C@@H](c1cccs1)S(=O)(=O)c1ccc(Cl)cc1. The maximum Gasteiger partial charge on any atom is 0.309 e. The molecular weight excluding hydrogens is 456 g/mol. The van der Waals surface area contributed by atoms with Crippen molar-refractivity contribution in [3.8, 4) is 0 Å². The molecule has 1 aromatic carbocycles. The zero-order chi connectivity index (χ0) is 22.3. The highest BCUT2D eigenvalue weighted by molar-refractivity contribution is 7.91. The largest absolute Gasteiger partial charge is 0.348 e. The Morgan fingerprint density at radius 1 is 1.06 bits per heavy atom. The fraction of sp³-hybridized carbons (Fsp3) is 0.364. The fourth-order valence-electron chi connectivity index (χ4n) is 3.44. The Hall–Kier alpha value is -2.16. The maximum absolute atomic E-state index is 13.2. The molecule has 1 aliphatic carbocycles. The lowest BCUT2D eigenvalue weighted by Crippen LogP contribution is -2.42. The summed E-state index contributed by atoms with van der Waals surface area (Å²) in [6.07, 6.45) is 7.38. The van der Waals surface area contributed by atoms with Crippen LogP contribution in [0.5, 0.6) is 0 Å². The number of thiophene rings is 1. The highest BCUT2D eigenvalue weighted by Crippen LogP contribution is 2.31. The Morgan fingerprint density at radius 3 is 2.45 bits per heavy atom. The maximum atomic E-state index is 13.2. The molecule has 0 bridgehead atoms. The molecule has 166 valence electrons. The van der Waals surface area contributed by atoms with Crippen LogP contribution < -0.4 is 10.6 Å². The van der Waals surface area contributed by atoms with Crippen LogP contribution in [0, 0.1) is 0 Å². The minimum atomic E-state index is -3.80. The number of carbonyl (C=O) groups excluding carboxylic acids is 2. The first-order valence-corrected chi connectivity index (χ1v) is 12.9. The summed E-state index contributed by atoms with van der Waals surface area (Å²) in [5.41, 5.74) is 1.30. The third-order valence-corrected chi connectivity index (χ3v) is 8.63. The van der Waals surface area contributed by atoms with Gasteiger partial charge in [-0.1, -0.05) is 29.3 Å². The van der Waals surface area contributed by atoms with Gasteiger partial charge in [0, 0.05) is 23.0 Å². The molecule has 31 heavy (non-hydrogen) atoms. The molecular formula is C22H25ClN2O4S2. The minimum absolute atomic E-state index is 0.106. The molecule has 2 aromatic rings. The van der Waals surface area contributed by atoms with Crippen molar-refractivity contribution < 1.29 is 18.0 Å². The number of rotatable bonds is 8. The van der Waals surface area contributed by atoms with Crippen molar-refractivity contribution in [1.29, 1.82) is 0 Å². The van der Waals surface area contributed by atoms with Gasteiger partial charge in [-0.05, 0) is 67.8 Å². The Morgan fingerprint density at radius 2 is 1.81 bits per heavy atom. The van der Waals surface area contributed by atoms with Gasteiger partial charge >= 0.3 is 11.8 Å². The van der Waals surface area contributed by atoms with Crippen LogP contribution in [0.15, 0.2) is 58.3 Å². The number of carbonyl (C=O) groups is 2. The third-order valence-electron chi connectivity index (χ3n) is 5.15. The second-order valence-electron chi connectivity index (χ2n) is 7.33. The lowest BCUT2D eigenvalue weighted by Gasteiger charge is -2.17. The molecule has 9 heteroatoms. The molecule has 0 unspecified atom stereocenters. The predicted molar refractivity (Wildman–Crippen MR) is 123 cm³/mol. The summed E-state index contributed by atoms with van der Waals surface area (Å²) >= 11 is 7.15. The Kier molecular flexibility index (Phi) is 8.28. The molecule has 0 fully saturated rings. The smallest absolute Gasteiger partial charge is 0.309 e. The standard InChI is InChI=1S/C22H25ClN2O4S2/c23-17-8-10-18(11-9-17)31(28,29)20(19-7-4-14-30-19)15-25-22(27)21(26)24-13-12-16-5-2-1-3-6-16/h4-5,7-11,14,20H,1-3,6,12-13,15H2,(H,24,26)(H,25,27)/t20-/m0/s1. The van der Waals surface area contributed by atoms with Gasteiger partial charge in [0.15, 0.2) is 9.84 Å². The average molecular weight is 481 g/mol. The van der Waals surface area contributed by atoms with E-state index in [0.717, 1.165) is 25.7 Å². The van der Waals surface area contributed by atoms with Crippen molar-refractivity contribution in [2.75, 3.05) is 13.1 Å². The van der Waals surface area contributed by atoms with E-state index < -0.39 is 26.9 Å². The second kappa shape index (κ2) is 10.9. The topological polar surface area (TPSA) is 92.3 Å². The average Bonchev–Trinajstić information content (AvgIpc) is 3.29. The molecule has 1 aliphatic rings. The molecule has 0 spiro atoms. The third kappa shape index (κ3) is 6.41. The normalized spacial score (nSPS) is 15.1. The van der Waals surface area contributed by atoms with E-state index in [0.29, 0.717) is 16.4 Å². The lowest BCUT2D eigenvalue weighted by molar-refractivity contribution is -0.139. The Labute approximate surface area is 191 Å². The monoisotopic (exact) mass is 480 g/mol. The second-order valence-corrected chi connectivity index (χ2v) is 10.9. The van der Waals surface area contributed by atoms with Gasteiger partial charge in [-0.15, -0.1) is 11.3 Å². The number of amides is 2. The zero-order valence-corrected chi connectivity index (χ0v) is 19.4. The summed E-state index contributed by atoms with van der Waals surface area (Å²) in [7, 11) is -3.80. The zero-order valence-electron chi connectivity index (χ0n) is 17.0. The molecule has 0 saturated heterocycles. The molecule has 0 saturated carbocycles. The molecule has 1 heterocycles. The number of hydrogen-bond acceptors (Lipinski definition) is 5. The first kappa shape index (κ1) is 23.5. The van der Waals surface area contributed by atoms with Crippen LogP contribution in [0.1, 0.15) is 42.2 Å². The predicted octanol–water partition coefficient (Wildman–Crippen LogP) is 4.04. The van der Waals surface area contributed by atoms with E-state index in [1.54, 1.807) is 17.5 Å². The van der Waals surface area contributed by atoms with Crippen molar-refractivity contribution in [2.45, 2.75) is 42.2 Å². The first-order chi connectivity index (χ1) is 14.9. The number of benzene rings is 1. The van der Waals surface area contributed by atoms with Crippen LogP contribution in [0.25, 0.3) is 0 Å². The van der Waals surface area contributed by atoms with E-state index in [-0.39, 0.29) is 11.4 Å². The minimum Gasteiger partial charge on any atom is -0.348 e. The van der Waals surface area contributed by atoms with E-state index in [9.17, 15) is 18.0 Å². The number of sulfone groups is 1. The summed E-state index contributed by atoms with van der Waals surface area (Å²) in [6.45, 7) is 0.179. The quantitative estimate of drug-likeness (QED) is 0.440. The Balaban J connectivity index is 1.61. The van der Waals surface area contributed by atoms with Crippen LogP contribution in [-0.4, -0.2) is 33.3 Å². The highest BCUT2D eigenvalue weighted by atomic mass is 35.5. The number of allylic oxidation sites excluding steroid dienone is 1. The van der Waals surface area contributed by atoms with E-state index in [2.05, 4.69) is 16.7 Å². The molecule has 3 rings (SSSR count). The molecule has 1 aromatic heterocycles. The molecule has 2 amide bonds. The number of halogens is 1. The van der Waals surface area contributed by atoms with E-state index in [1.165, 1.54) is 47.6 Å². The summed E-state index contributed by atoms with van der Waals surface area (Å²) in [6, 6.07) is 9.34. The summed E-state index contributed by atoms with van der Waals surface area (Å²) in [4.78, 5) is 25.1. The number of nitrogens with one attached hydrogen (secondary N) is 2. The molecule has 0 aliphatic heterocycles. The highest BCUT2D eigenvalue weighted by Gasteiger charge is 2.31. The van der Waals surface area contributed by atoms with Gasteiger partial charge in [-0.2, -0.15) is 0 Å². The lowest BCUT2D eigenvalue weighted by atomic mass is 9.97. The van der Waals surface area contributed by atoms with Crippen molar-refractivity contribution in [1.82, 2.24) is 10.6 Å². The van der Waals surface area contributed by atoms with Crippen LogP contribution in [-0.2, 0) is 19.4 Å². The fourth-order valence-corrected chi connectivity index (χ4v) is 6.35. The van der Waals surface area contributed by atoms with Gasteiger partial charge in [-0.3, -0.25) is 9.59 Å². The van der Waals surface area contributed by atoms with Gasteiger partial charge in [0.25, 0.3) is 0 Å². The summed E-state index contributed by atoms with van der Waals surface area (Å²) in [5, 5.41) is 6.30. The summed E-state index contributed by atoms with van der Waals surface area (Å²) < 4.78 is 26.4. The van der Waals surface area contributed by atoms with E-state index in [1.807, 2.05) is 0 Å². The van der Waals surface area contributed by atoms with Crippen LogP contribution in [0.2, 0.25) is 5.02 Å². The van der Waals surface area contributed by atoms with Gasteiger partial charge in [0.2, 0.25) is 0 Å². The van der Waals surface area contributed by atoms with Crippen molar-refractivity contribution in [3.63, 3.8) is 0 Å². The Bertz CT molecular complexity index is 1030. The van der Waals surface area contributed by atoms with Gasteiger partial charge in [-0.25, -0.2) is 8.42 Å². The van der Waals surface area contributed by atoms with Gasteiger partial charge in [0.1, 0.15) is 5.25 Å². The van der Waals surface area contributed by atoms with Crippen LogP contribution in [0.4, 0.5) is 0 Å². The van der Waals surface area contributed by atoms with Crippen LogP contribution >= 0.6 is 22.9 Å². The van der Waals surface area contributed by atoms with Crippen molar-refractivity contribution in [2.24, 2.45) is 0 Å². The molecule has 0 radical (unpaired) electrons. The summed E-state index contributed by atoms with van der Waals surface area (Å²) in [5.74, 6) is -1.60. The van der Waals surface area contributed by atoms with Crippen molar-refractivity contribution in [3.05, 3.63) is 63.3 Å². The first-order valence-electron chi connectivity index (χ1n) is 10.1. The molecule has 2 N–H and O–H groups in total. The van der Waals surface area contributed by atoms with Crippen LogP contribution in [0.3, 0.4) is 0 Å². The molecule has 1 atom stereocenters. The van der Waals surface area contributed by atoms with Gasteiger partial charge in [0.05, 0.1) is 4.90 Å². The van der Waals surface area contributed by atoms with E-state index in [4.69, 9.17) is 11.6 Å². The van der Waals surface area contributed by atoms with Crippen molar-refractivity contribution >= 4 is 44.6 Å². The van der Waals surface area contributed by atoms with Gasteiger partial charge < -0.3 is 10.6 Å². The number of hydrogen-bond donors (Lipinski definition) is 2.